The zero-order valence-electron chi connectivity index (χ0n) is 13.5. The van der Waals surface area contributed by atoms with E-state index in [1.165, 1.54) is 0 Å². The predicted molar refractivity (Wildman–Crippen MR) is 88.4 cm³/mol. The van der Waals surface area contributed by atoms with Crippen molar-refractivity contribution in [1.82, 2.24) is 4.90 Å². The summed E-state index contributed by atoms with van der Waals surface area (Å²) in [5.41, 5.74) is 0.951. The predicted octanol–water partition coefficient (Wildman–Crippen LogP) is 4.14. The molecule has 21 heavy (non-hydrogen) atoms. The summed E-state index contributed by atoms with van der Waals surface area (Å²) in [6.45, 7) is 8.57. The van der Waals surface area contributed by atoms with Gasteiger partial charge in [0.05, 0.1) is 6.61 Å². The molecular weight excluding hydrogens is 262 g/mol. The van der Waals surface area contributed by atoms with Crippen LogP contribution in [0, 0.1) is 0 Å². The van der Waals surface area contributed by atoms with E-state index in [9.17, 15) is 4.79 Å². The lowest BCUT2D eigenvalue weighted by atomic mass is 10.2. The van der Waals surface area contributed by atoms with Gasteiger partial charge in [0, 0.05) is 24.7 Å². The summed E-state index contributed by atoms with van der Waals surface area (Å²) < 4.78 is 5.70. The molecule has 0 spiro atoms. The SMILES string of the molecule is CCCOc1ccccc1/C=C/C(=O)N(CCC)CCC. The van der Waals surface area contributed by atoms with Gasteiger partial charge in [-0.15, -0.1) is 0 Å². The van der Waals surface area contributed by atoms with Gasteiger partial charge in [-0.25, -0.2) is 0 Å². The summed E-state index contributed by atoms with van der Waals surface area (Å²) >= 11 is 0. The van der Waals surface area contributed by atoms with Crippen molar-refractivity contribution in [3.8, 4) is 5.75 Å². The van der Waals surface area contributed by atoms with Crippen molar-refractivity contribution in [2.45, 2.75) is 40.0 Å². The maximum atomic E-state index is 12.2. The molecule has 0 saturated carbocycles. The highest BCUT2D eigenvalue weighted by Crippen LogP contribution is 2.19. The highest BCUT2D eigenvalue weighted by Gasteiger charge is 2.08. The van der Waals surface area contributed by atoms with Crippen LogP contribution < -0.4 is 4.74 Å². The van der Waals surface area contributed by atoms with Crippen LogP contribution in [0.15, 0.2) is 30.3 Å². The van der Waals surface area contributed by atoms with Gasteiger partial charge in [0.2, 0.25) is 5.91 Å². The lowest BCUT2D eigenvalue weighted by molar-refractivity contribution is -0.126. The van der Waals surface area contributed by atoms with E-state index in [2.05, 4.69) is 20.8 Å². The van der Waals surface area contributed by atoms with E-state index in [1.807, 2.05) is 35.2 Å². The fourth-order valence-electron chi connectivity index (χ4n) is 2.10. The second-order valence-electron chi connectivity index (χ2n) is 5.04. The third-order valence-corrected chi connectivity index (χ3v) is 3.08. The molecule has 0 aliphatic rings. The topological polar surface area (TPSA) is 29.5 Å². The Labute approximate surface area is 128 Å². The molecule has 1 aromatic rings. The van der Waals surface area contributed by atoms with Gasteiger partial charge in [-0.2, -0.15) is 0 Å². The van der Waals surface area contributed by atoms with Crippen molar-refractivity contribution in [1.29, 1.82) is 0 Å². The molecule has 0 fully saturated rings. The van der Waals surface area contributed by atoms with Crippen LogP contribution in [0.3, 0.4) is 0 Å². The molecule has 0 saturated heterocycles. The van der Waals surface area contributed by atoms with Gasteiger partial charge in [0.15, 0.2) is 0 Å². The molecule has 0 N–H and O–H groups in total. The summed E-state index contributed by atoms with van der Waals surface area (Å²) in [7, 11) is 0. The van der Waals surface area contributed by atoms with Crippen LogP contribution in [-0.2, 0) is 4.79 Å². The van der Waals surface area contributed by atoms with E-state index in [0.29, 0.717) is 6.61 Å². The maximum absolute atomic E-state index is 12.2. The van der Waals surface area contributed by atoms with E-state index in [4.69, 9.17) is 4.74 Å². The van der Waals surface area contributed by atoms with Crippen LogP contribution in [0.5, 0.6) is 5.75 Å². The largest absolute Gasteiger partial charge is 0.493 e. The quantitative estimate of drug-likeness (QED) is 0.639. The number of carbonyl (C=O) groups excluding carboxylic acids is 1. The number of nitrogens with zero attached hydrogens (tertiary/aromatic N) is 1. The molecule has 1 aromatic carbocycles. The second kappa shape index (κ2) is 10.0. The van der Waals surface area contributed by atoms with Gasteiger partial charge in [-0.05, 0) is 31.4 Å². The average Bonchev–Trinajstić information content (AvgIpc) is 2.51. The smallest absolute Gasteiger partial charge is 0.246 e. The minimum absolute atomic E-state index is 0.0731. The van der Waals surface area contributed by atoms with Crippen LogP contribution in [0.25, 0.3) is 6.08 Å². The van der Waals surface area contributed by atoms with E-state index in [-0.39, 0.29) is 5.91 Å². The molecule has 0 radical (unpaired) electrons. The van der Waals surface area contributed by atoms with Crippen molar-refractivity contribution in [2.24, 2.45) is 0 Å². The first kappa shape index (κ1) is 17.3. The van der Waals surface area contributed by atoms with Gasteiger partial charge < -0.3 is 9.64 Å². The van der Waals surface area contributed by atoms with Crippen molar-refractivity contribution < 1.29 is 9.53 Å². The molecular formula is C18H27NO2. The summed E-state index contributed by atoms with van der Waals surface area (Å²) in [5, 5.41) is 0. The zero-order valence-corrected chi connectivity index (χ0v) is 13.5. The third-order valence-electron chi connectivity index (χ3n) is 3.08. The van der Waals surface area contributed by atoms with E-state index in [1.54, 1.807) is 6.08 Å². The van der Waals surface area contributed by atoms with Crippen LogP contribution in [0.1, 0.15) is 45.6 Å². The molecule has 0 bridgehead atoms. The number of hydrogen-bond acceptors (Lipinski definition) is 2. The van der Waals surface area contributed by atoms with Crippen molar-refractivity contribution in [3.63, 3.8) is 0 Å². The minimum Gasteiger partial charge on any atom is -0.493 e. The number of benzene rings is 1. The van der Waals surface area contributed by atoms with Crippen LogP contribution in [0.4, 0.5) is 0 Å². The molecule has 3 heteroatoms. The molecule has 0 unspecified atom stereocenters. The third kappa shape index (κ3) is 6.03. The second-order valence-corrected chi connectivity index (χ2v) is 5.04. The van der Waals surface area contributed by atoms with Gasteiger partial charge in [0.25, 0.3) is 0 Å². The fourth-order valence-corrected chi connectivity index (χ4v) is 2.10. The lowest BCUT2D eigenvalue weighted by Crippen LogP contribution is -2.30. The first-order chi connectivity index (χ1) is 10.2. The normalized spacial score (nSPS) is 10.8. The minimum atomic E-state index is 0.0731. The Balaban J connectivity index is 2.76. The maximum Gasteiger partial charge on any atom is 0.246 e. The monoisotopic (exact) mass is 289 g/mol. The van der Waals surface area contributed by atoms with E-state index in [0.717, 1.165) is 43.7 Å². The molecule has 0 aromatic heterocycles. The van der Waals surface area contributed by atoms with Gasteiger partial charge >= 0.3 is 0 Å². The first-order valence-electron chi connectivity index (χ1n) is 7.91. The summed E-state index contributed by atoms with van der Waals surface area (Å²) in [4.78, 5) is 14.1. The molecule has 0 aliphatic heterocycles. The van der Waals surface area contributed by atoms with Crippen LogP contribution in [0.2, 0.25) is 0 Å². The van der Waals surface area contributed by atoms with Gasteiger partial charge in [-0.3, -0.25) is 4.79 Å². The van der Waals surface area contributed by atoms with Gasteiger partial charge in [0.1, 0.15) is 5.75 Å². The molecule has 116 valence electrons. The number of rotatable bonds is 9. The highest BCUT2D eigenvalue weighted by molar-refractivity contribution is 5.92. The number of para-hydroxylation sites is 1. The molecule has 0 atom stereocenters. The summed E-state index contributed by atoms with van der Waals surface area (Å²) in [5.74, 6) is 0.907. The van der Waals surface area contributed by atoms with E-state index >= 15 is 0 Å². The standard InChI is InChI=1S/C18H27NO2/c1-4-13-19(14-5-2)18(20)12-11-16-9-7-8-10-17(16)21-15-6-3/h7-12H,4-6,13-15H2,1-3H3/b12-11+. The fraction of sp³-hybridized carbons (Fsp3) is 0.500. The Bertz CT molecular complexity index is 448. The Morgan fingerprint density at radius 1 is 1.10 bits per heavy atom. The first-order valence-corrected chi connectivity index (χ1v) is 7.91. The Morgan fingerprint density at radius 2 is 1.76 bits per heavy atom. The molecule has 3 nitrogen and oxygen atoms in total. The van der Waals surface area contributed by atoms with E-state index < -0.39 is 0 Å². The summed E-state index contributed by atoms with van der Waals surface area (Å²) in [6.07, 6.45) is 6.44. The molecule has 0 aliphatic carbocycles. The number of carbonyl (C=O) groups is 1. The highest BCUT2D eigenvalue weighted by atomic mass is 16.5. The summed E-state index contributed by atoms with van der Waals surface area (Å²) in [6, 6.07) is 7.82. The van der Waals surface area contributed by atoms with Gasteiger partial charge in [-0.1, -0.05) is 39.0 Å². The average molecular weight is 289 g/mol. The number of hydrogen-bond donors (Lipinski definition) is 0. The van der Waals surface area contributed by atoms with Crippen molar-refractivity contribution in [3.05, 3.63) is 35.9 Å². The van der Waals surface area contributed by atoms with Crippen molar-refractivity contribution >= 4 is 12.0 Å². The van der Waals surface area contributed by atoms with Crippen molar-refractivity contribution in [2.75, 3.05) is 19.7 Å². The lowest BCUT2D eigenvalue weighted by Gasteiger charge is -2.19. The Morgan fingerprint density at radius 3 is 2.38 bits per heavy atom. The molecule has 0 heterocycles. The molecule has 1 amide bonds. The Kier molecular flexibility index (Phi) is 8.25. The number of amides is 1. The number of ether oxygens (including phenoxy) is 1. The van der Waals surface area contributed by atoms with Crippen LogP contribution in [-0.4, -0.2) is 30.5 Å². The Hall–Kier alpha value is -1.77. The molecule has 1 rings (SSSR count). The zero-order chi connectivity index (χ0) is 15.5. The van der Waals surface area contributed by atoms with Crippen LogP contribution >= 0.6 is 0 Å².